The molecule has 1 aromatic rings. The first kappa shape index (κ1) is 16.8. The predicted octanol–water partition coefficient (Wildman–Crippen LogP) is 4.83. The number of benzene rings is 1. The molecule has 0 heterocycles. The van der Waals surface area contributed by atoms with Crippen LogP contribution in [-0.4, -0.2) is 18.2 Å². The quantitative estimate of drug-likeness (QED) is 0.740. The number of carbonyl (C=O) groups is 2. The third-order valence-corrected chi connectivity index (χ3v) is 6.89. The maximum atomic E-state index is 13.4. The summed E-state index contributed by atoms with van der Waals surface area (Å²) in [4.78, 5) is 26.9. The van der Waals surface area contributed by atoms with Crippen LogP contribution in [-0.2, 0) is 9.59 Å². The van der Waals surface area contributed by atoms with Gasteiger partial charge in [0.05, 0.1) is 17.4 Å². The smallest absolute Gasteiger partial charge is 0.160 e. The maximum Gasteiger partial charge on any atom is 0.160 e. The summed E-state index contributed by atoms with van der Waals surface area (Å²) < 4.78 is 5.54. The Labute approximate surface area is 150 Å². The molecule has 3 nitrogen and oxygen atoms in total. The van der Waals surface area contributed by atoms with E-state index in [0.29, 0.717) is 6.61 Å². The lowest BCUT2D eigenvalue weighted by Crippen LogP contribution is -2.69. The highest BCUT2D eigenvalue weighted by Crippen LogP contribution is 2.64. The van der Waals surface area contributed by atoms with Crippen molar-refractivity contribution in [1.82, 2.24) is 0 Å². The summed E-state index contributed by atoms with van der Waals surface area (Å²) >= 11 is 0. The first-order chi connectivity index (χ1) is 12.1. The second kappa shape index (κ2) is 6.26. The number of rotatable bonds is 3. The van der Waals surface area contributed by atoms with E-state index in [2.05, 4.69) is 12.1 Å². The standard InChI is InChI=1S/C22H28O3/c1-2-25-17-11-9-16(10-12-17)18-8-4-7-15-22(18)19(23)21(20(22)24)13-5-3-6-14-21/h9-12,18H,2-8,13-15H2,1H3. The van der Waals surface area contributed by atoms with Gasteiger partial charge in [0.25, 0.3) is 0 Å². The Morgan fingerprint density at radius 1 is 0.920 bits per heavy atom. The molecule has 134 valence electrons. The topological polar surface area (TPSA) is 43.4 Å². The summed E-state index contributed by atoms with van der Waals surface area (Å²) in [5, 5.41) is 0. The van der Waals surface area contributed by atoms with Crippen LogP contribution in [0.1, 0.15) is 76.2 Å². The van der Waals surface area contributed by atoms with E-state index in [1.165, 1.54) is 0 Å². The van der Waals surface area contributed by atoms with Crippen molar-refractivity contribution in [2.75, 3.05) is 6.61 Å². The summed E-state index contributed by atoms with van der Waals surface area (Å²) in [5.74, 6) is 1.47. The van der Waals surface area contributed by atoms with Crippen LogP contribution in [0.2, 0.25) is 0 Å². The first-order valence-electron chi connectivity index (χ1n) is 9.98. The number of ether oxygens (including phenoxy) is 1. The second-order valence-corrected chi connectivity index (χ2v) is 8.07. The summed E-state index contributed by atoms with van der Waals surface area (Å²) in [6.45, 7) is 2.62. The molecule has 2 spiro atoms. The van der Waals surface area contributed by atoms with E-state index < -0.39 is 10.8 Å². The number of ketones is 2. The van der Waals surface area contributed by atoms with E-state index >= 15 is 0 Å². The summed E-state index contributed by atoms with van der Waals surface area (Å²) in [5.41, 5.74) is -0.197. The number of carbonyl (C=O) groups excluding carboxylic acids is 2. The van der Waals surface area contributed by atoms with Crippen LogP contribution in [0.25, 0.3) is 0 Å². The molecule has 25 heavy (non-hydrogen) atoms. The fourth-order valence-electron chi connectivity index (χ4n) is 5.74. The lowest BCUT2D eigenvalue weighted by atomic mass is 9.40. The Hall–Kier alpha value is -1.64. The molecule has 3 saturated carbocycles. The molecule has 0 amide bonds. The summed E-state index contributed by atoms with van der Waals surface area (Å²) in [6, 6.07) is 8.08. The van der Waals surface area contributed by atoms with Crippen molar-refractivity contribution in [3.05, 3.63) is 29.8 Å². The number of Topliss-reactive ketones (excluding diaryl/α,β-unsaturated/α-hetero) is 2. The molecule has 0 radical (unpaired) electrons. The van der Waals surface area contributed by atoms with E-state index in [1.807, 2.05) is 19.1 Å². The highest BCUT2D eigenvalue weighted by atomic mass is 16.5. The minimum Gasteiger partial charge on any atom is -0.494 e. The summed E-state index contributed by atoms with van der Waals surface area (Å²) in [7, 11) is 0. The van der Waals surface area contributed by atoms with E-state index in [-0.39, 0.29) is 17.5 Å². The van der Waals surface area contributed by atoms with Gasteiger partial charge in [-0.15, -0.1) is 0 Å². The average molecular weight is 340 g/mol. The third-order valence-electron chi connectivity index (χ3n) is 6.89. The molecule has 0 N–H and O–H groups in total. The zero-order valence-corrected chi connectivity index (χ0v) is 15.2. The molecule has 4 rings (SSSR count). The van der Waals surface area contributed by atoms with Gasteiger partial charge in [-0.05, 0) is 50.3 Å². The average Bonchev–Trinajstić information content (AvgIpc) is 2.68. The van der Waals surface area contributed by atoms with E-state index in [0.717, 1.165) is 69.1 Å². The molecule has 3 aliphatic rings. The van der Waals surface area contributed by atoms with Crippen LogP contribution in [0.15, 0.2) is 24.3 Å². The van der Waals surface area contributed by atoms with Crippen molar-refractivity contribution in [1.29, 1.82) is 0 Å². The first-order valence-corrected chi connectivity index (χ1v) is 9.98. The normalized spacial score (nSPS) is 27.3. The minimum atomic E-state index is -0.720. The SMILES string of the molecule is CCOc1ccc(C2CCCCC23C(=O)C2(CCCCC2)C3=O)cc1. The van der Waals surface area contributed by atoms with Gasteiger partial charge in [-0.2, -0.15) is 0 Å². The lowest BCUT2D eigenvalue weighted by molar-refractivity contribution is -0.179. The Balaban J connectivity index is 1.65. The van der Waals surface area contributed by atoms with Crippen LogP contribution >= 0.6 is 0 Å². The van der Waals surface area contributed by atoms with Crippen LogP contribution in [0, 0.1) is 10.8 Å². The molecule has 1 atom stereocenters. The van der Waals surface area contributed by atoms with Gasteiger partial charge in [-0.1, -0.05) is 44.2 Å². The fraction of sp³-hybridized carbons (Fsp3) is 0.636. The van der Waals surface area contributed by atoms with E-state index in [1.54, 1.807) is 0 Å². The summed E-state index contributed by atoms with van der Waals surface area (Å²) in [6.07, 6.45) is 8.62. The molecule has 3 heteroatoms. The monoisotopic (exact) mass is 340 g/mol. The van der Waals surface area contributed by atoms with Gasteiger partial charge in [-0.25, -0.2) is 0 Å². The zero-order chi connectivity index (χ0) is 17.5. The predicted molar refractivity (Wildman–Crippen MR) is 96.8 cm³/mol. The van der Waals surface area contributed by atoms with Crippen LogP contribution in [0.3, 0.4) is 0 Å². The van der Waals surface area contributed by atoms with Gasteiger partial charge in [-0.3, -0.25) is 9.59 Å². The van der Waals surface area contributed by atoms with Crippen molar-refractivity contribution in [3.63, 3.8) is 0 Å². The third kappa shape index (κ3) is 2.31. The molecular formula is C22H28O3. The highest BCUT2D eigenvalue weighted by Gasteiger charge is 2.72. The Morgan fingerprint density at radius 2 is 1.56 bits per heavy atom. The largest absolute Gasteiger partial charge is 0.494 e. The molecule has 3 fully saturated rings. The molecule has 0 aromatic heterocycles. The minimum absolute atomic E-state index is 0.0597. The van der Waals surface area contributed by atoms with Gasteiger partial charge in [0.15, 0.2) is 11.6 Å². The molecular weight excluding hydrogens is 312 g/mol. The van der Waals surface area contributed by atoms with Crippen LogP contribution in [0.5, 0.6) is 5.75 Å². The van der Waals surface area contributed by atoms with Gasteiger partial charge >= 0.3 is 0 Å². The molecule has 0 aliphatic heterocycles. The molecule has 0 saturated heterocycles. The highest BCUT2D eigenvalue weighted by molar-refractivity contribution is 6.31. The maximum absolute atomic E-state index is 13.4. The van der Waals surface area contributed by atoms with Crippen LogP contribution < -0.4 is 4.74 Å². The van der Waals surface area contributed by atoms with E-state index in [4.69, 9.17) is 4.74 Å². The van der Waals surface area contributed by atoms with Gasteiger partial charge < -0.3 is 4.74 Å². The lowest BCUT2D eigenvalue weighted by Gasteiger charge is -2.58. The molecule has 0 bridgehead atoms. The van der Waals surface area contributed by atoms with Crippen molar-refractivity contribution in [2.24, 2.45) is 10.8 Å². The van der Waals surface area contributed by atoms with Gasteiger partial charge in [0.1, 0.15) is 5.75 Å². The van der Waals surface area contributed by atoms with Gasteiger partial charge in [0, 0.05) is 5.92 Å². The van der Waals surface area contributed by atoms with Crippen molar-refractivity contribution in [2.45, 2.75) is 70.6 Å². The van der Waals surface area contributed by atoms with Crippen molar-refractivity contribution >= 4 is 11.6 Å². The fourth-order valence-corrected chi connectivity index (χ4v) is 5.74. The molecule has 1 unspecified atom stereocenters. The Kier molecular flexibility index (Phi) is 4.21. The number of hydrogen-bond acceptors (Lipinski definition) is 3. The Bertz CT molecular complexity index is 649. The van der Waals surface area contributed by atoms with Crippen molar-refractivity contribution < 1.29 is 14.3 Å². The zero-order valence-electron chi connectivity index (χ0n) is 15.2. The second-order valence-electron chi connectivity index (χ2n) is 8.07. The Morgan fingerprint density at radius 3 is 2.20 bits per heavy atom. The van der Waals surface area contributed by atoms with Crippen molar-refractivity contribution in [3.8, 4) is 5.75 Å². The molecule has 1 aromatic carbocycles. The van der Waals surface area contributed by atoms with E-state index in [9.17, 15) is 9.59 Å². The van der Waals surface area contributed by atoms with Gasteiger partial charge in [0.2, 0.25) is 0 Å². The van der Waals surface area contributed by atoms with Crippen LogP contribution in [0.4, 0.5) is 0 Å². The number of hydrogen-bond donors (Lipinski definition) is 0. The molecule has 3 aliphatic carbocycles.